The van der Waals surface area contributed by atoms with Gasteiger partial charge in [-0.05, 0) is 37.3 Å². The molecule has 0 radical (unpaired) electrons. The lowest BCUT2D eigenvalue weighted by molar-refractivity contribution is 0.101. The predicted molar refractivity (Wildman–Crippen MR) is 73.7 cm³/mol. The van der Waals surface area contributed by atoms with Crippen LogP contribution in [-0.2, 0) is 10.0 Å². The third-order valence-corrected chi connectivity index (χ3v) is 4.01. The number of carbonyl (C=O) groups excluding carboxylic acids is 1. The Bertz CT molecular complexity index is 757. The number of rotatable bonds is 4. The number of ketones is 1. The lowest BCUT2D eigenvalue weighted by atomic mass is 10.1. The Morgan fingerprint density at radius 1 is 1.10 bits per heavy atom. The van der Waals surface area contributed by atoms with E-state index in [0.29, 0.717) is 5.56 Å². The van der Waals surface area contributed by atoms with Gasteiger partial charge in [0.15, 0.2) is 5.78 Å². The first kappa shape index (κ1) is 14.2. The molecule has 0 aromatic heterocycles. The molecule has 0 spiro atoms. The number of hydrogen-bond acceptors (Lipinski definition) is 3. The summed E-state index contributed by atoms with van der Waals surface area (Å²) in [5.74, 6) is -0.804. The molecule has 0 unspecified atom stereocenters. The molecule has 0 fully saturated rings. The van der Waals surface area contributed by atoms with Crippen LogP contribution < -0.4 is 4.72 Å². The van der Waals surface area contributed by atoms with Crippen LogP contribution in [0.2, 0.25) is 0 Å². The molecular formula is C14H12FNO3S. The standard InChI is InChI=1S/C14H12FNO3S/c1-10(17)11-4-2-6-13(8-11)16-20(18,19)14-7-3-5-12(15)9-14/h2-9,16H,1H3. The largest absolute Gasteiger partial charge is 0.295 e. The van der Waals surface area contributed by atoms with Gasteiger partial charge in [0.2, 0.25) is 0 Å². The summed E-state index contributed by atoms with van der Waals surface area (Å²) in [6.45, 7) is 1.39. The van der Waals surface area contributed by atoms with Crippen molar-refractivity contribution in [1.82, 2.24) is 0 Å². The van der Waals surface area contributed by atoms with Crippen molar-refractivity contribution < 1.29 is 17.6 Å². The summed E-state index contributed by atoms with van der Waals surface area (Å²) in [6.07, 6.45) is 0. The van der Waals surface area contributed by atoms with E-state index >= 15 is 0 Å². The van der Waals surface area contributed by atoms with Gasteiger partial charge >= 0.3 is 0 Å². The zero-order valence-electron chi connectivity index (χ0n) is 10.6. The van der Waals surface area contributed by atoms with Crippen LogP contribution in [0.25, 0.3) is 0 Å². The fourth-order valence-corrected chi connectivity index (χ4v) is 2.73. The Labute approximate surface area is 116 Å². The van der Waals surface area contributed by atoms with E-state index in [1.165, 1.54) is 31.2 Å². The smallest absolute Gasteiger partial charge is 0.261 e. The van der Waals surface area contributed by atoms with Crippen molar-refractivity contribution in [2.45, 2.75) is 11.8 Å². The highest BCUT2D eigenvalue weighted by atomic mass is 32.2. The molecule has 0 aliphatic rings. The summed E-state index contributed by atoms with van der Waals surface area (Å²) in [6, 6.07) is 10.8. The van der Waals surface area contributed by atoms with Crippen LogP contribution in [0.1, 0.15) is 17.3 Å². The molecule has 1 N–H and O–H groups in total. The monoisotopic (exact) mass is 293 g/mol. The second-order valence-corrected chi connectivity index (χ2v) is 5.88. The number of sulfonamides is 1. The van der Waals surface area contributed by atoms with Crippen LogP contribution in [-0.4, -0.2) is 14.2 Å². The first-order valence-electron chi connectivity index (χ1n) is 5.78. The first-order valence-corrected chi connectivity index (χ1v) is 7.26. The van der Waals surface area contributed by atoms with Gasteiger partial charge in [0.25, 0.3) is 10.0 Å². The Morgan fingerprint density at radius 2 is 1.80 bits per heavy atom. The van der Waals surface area contributed by atoms with E-state index in [0.717, 1.165) is 12.1 Å². The minimum atomic E-state index is -3.88. The van der Waals surface area contributed by atoms with Gasteiger partial charge in [0.1, 0.15) is 5.82 Å². The summed E-state index contributed by atoms with van der Waals surface area (Å²) in [5.41, 5.74) is 0.645. The van der Waals surface area contributed by atoms with Gasteiger partial charge in [-0.3, -0.25) is 9.52 Å². The zero-order valence-corrected chi connectivity index (χ0v) is 11.4. The van der Waals surface area contributed by atoms with Gasteiger partial charge in [-0.2, -0.15) is 0 Å². The highest BCUT2D eigenvalue weighted by Gasteiger charge is 2.15. The third-order valence-electron chi connectivity index (χ3n) is 2.63. The van der Waals surface area contributed by atoms with Crippen LogP contribution in [0, 0.1) is 5.82 Å². The molecule has 104 valence electrons. The second-order valence-electron chi connectivity index (χ2n) is 4.20. The number of hydrogen-bond donors (Lipinski definition) is 1. The maximum atomic E-state index is 13.1. The summed E-state index contributed by atoms with van der Waals surface area (Å²) < 4.78 is 39.5. The number of anilines is 1. The van der Waals surface area contributed by atoms with E-state index in [-0.39, 0.29) is 16.4 Å². The number of carbonyl (C=O) groups is 1. The van der Waals surface area contributed by atoms with E-state index in [4.69, 9.17) is 0 Å². The Balaban J connectivity index is 2.33. The lowest BCUT2D eigenvalue weighted by Crippen LogP contribution is -2.13. The predicted octanol–water partition coefficient (Wildman–Crippen LogP) is 2.83. The van der Waals surface area contributed by atoms with Crippen LogP contribution in [0.15, 0.2) is 53.4 Å². The van der Waals surface area contributed by atoms with Gasteiger partial charge in [-0.1, -0.05) is 18.2 Å². The van der Waals surface area contributed by atoms with Crippen molar-refractivity contribution in [1.29, 1.82) is 0 Å². The summed E-state index contributed by atoms with van der Waals surface area (Å²) in [5, 5.41) is 0. The third kappa shape index (κ3) is 3.21. The molecule has 0 aliphatic heterocycles. The van der Waals surface area contributed by atoms with Gasteiger partial charge in [0, 0.05) is 11.3 Å². The summed E-state index contributed by atoms with van der Waals surface area (Å²) in [7, 11) is -3.88. The second kappa shape index (κ2) is 5.42. The Morgan fingerprint density at radius 3 is 2.45 bits per heavy atom. The molecule has 6 heteroatoms. The van der Waals surface area contributed by atoms with E-state index in [1.807, 2.05) is 0 Å². The van der Waals surface area contributed by atoms with Crippen molar-refractivity contribution in [3.8, 4) is 0 Å². The average Bonchev–Trinajstić information content (AvgIpc) is 2.38. The van der Waals surface area contributed by atoms with Crippen molar-refractivity contribution in [3.63, 3.8) is 0 Å². The van der Waals surface area contributed by atoms with Crippen LogP contribution in [0.5, 0.6) is 0 Å². The molecule has 0 aliphatic carbocycles. The number of Topliss-reactive ketones (excluding diaryl/α,β-unsaturated/α-hetero) is 1. The van der Waals surface area contributed by atoms with Gasteiger partial charge in [-0.15, -0.1) is 0 Å². The van der Waals surface area contributed by atoms with E-state index in [2.05, 4.69) is 4.72 Å². The Hall–Kier alpha value is -2.21. The fraction of sp³-hybridized carbons (Fsp3) is 0.0714. The molecule has 0 bridgehead atoms. The summed E-state index contributed by atoms with van der Waals surface area (Å²) >= 11 is 0. The highest BCUT2D eigenvalue weighted by Crippen LogP contribution is 2.18. The van der Waals surface area contributed by atoms with E-state index in [9.17, 15) is 17.6 Å². The minimum Gasteiger partial charge on any atom is -0.295 e. The van der Waals surface area contributed by atoms with Crippen LogP contribution in [0.4, 0.5) is 10.1 Å². The number of halogens is 1. The molecule has 2 aromatic rings. The van der Waals surface area contributed by atoms with Crippen molar-refractivity contribution in [2.75, 3.05) is 4.72 Å². The maximum Gasteiger partial charge on any atom is 0.261 e. The highest BCUT2D eigenvalue weighted by molar-refractivity contribution is 7.92. The minimum absolute atomic E-state index is 0.170. The van der Waals surface area contributed by atoms with Crippen molar-refractivity contribution in [3.05, 3.63) is 59.9 Å². The quantitative estimate of drug-likeness (QED) is 0.882. The first-order chi connectivity index (χ1) is 9.38. The molecule has 20 heavy (non-hydrogen) atoms. The van der Waals surface area contributed by atoms with Crippen LogP contribution in [0.3, 0.4) is 0 Å². The fourth-order valence-electron chi connectivity index (χ4n) is 1.65. The molecule has 0 heterocycles. The zero-order chi connectivity index (χ0) is 14.8. The number of nitrogens with one attached hydrogen (secondary N) is 1. The maximum absolute atomic E-state index is 13.1. The molecule has 0 atom stereocenters. The van der Waals surface area contributed by atoms with E-state index in [1.54, 1.807) is 12.1 Å². The van der Waals surface area contributed by atoms with Gasteiger partial charge in [0.05, 0.1) is 4.90 Å². The van der Waals surface area contributed by atoms with Crippen LogP contribution >= 0.6 is 0 Å². The van der Waals surface area contributed by atoms with Crippen molar-refractivity contribution >= 4 is 21.5 Å². The van der Waals surface area contributed by atoms with Crippen molar-refractivity contribution in [2.24, 2.45) is 0 Å². The van der Waals surface area contributed by atoms with E-state index < -0.39 is 15.8 Å². The molecule has 2 rings (SSSR count). The molecule has 0 amide bonds. The topological polar surface area (TPSA) is 63.2 Å². The average molecular weight is 293 g/mol. The SMILES string of the molecule is CC(=O)c1cccc(NS(=O)(=O)c2cccc(F)c2)c1. The lowest BCUT2D eigenvalue weighted by Gasteiger charge is -2.09. The summed E-state index contributed by atoms with van der Waals surface area (Å²) in [4.78, 5) is 11.1. The molecule has 0 saturated heterocycles. The van der Waals surface area contributed by atoms with Gasteiger partial charge < -0.3 is 0 Å². The Kier molecular flexibility index (Phi) is 3.85. The van der Waals surface area contributed by atoms with Gasteiger partial charge in [-0.25, -0.2) is 12.8 Å². The molecule has 4 nitrogen and oxygen atoms in total. The molecule has 0 saturated carbocycles. The normalized spacial score (nSPS) is 11.1. The number of benzene rings is 2. The molecule has 2 aromatic carbocycles. The molecular weight excluding hydrogens is 281 g/mol.